The zero-order valence-electron chi connectivity index (χ0n) is 10.4. The second-order valence-corrected chi connectivity index (χ2v) is 5.27. The Bertz CT molecular complexity index is 439. The smallest absolute Gasteiger partial charge is 0.408 e. The molecule has 0 aliphatic carbocycles. The molecule has 0 aromatic heterocycles. The number of carbonyl (C=O) groups is 2. The lowest BCUT2D eigenvalue weighted by atomic mass is 10.2. The summed E-state index contributed by atoms with van der Waals surface area (Å²) in [7, 11) is 0. The maximum Gasteiger partial charge on any atom is 0.408 e. The van der Waals surface area contributed by atoms with Crippen molar-refractivity contribution in [3.05, 3.63) is 35.9 Å². The van der Waals surface area contributed by atoms with Crippen LogP contribution in [0.25, 0.3) is 0 Å². The number of thioether (sulfide) groups is 1. The Morgan fingerprint density at radius 2 is 2.21 bits per heavy atom. The van der Waals surface area contributed by atoms with Crippen LogP contribution in [-0.2, 0) is 16.1 Å². The molecule has 2 rings (SSSR count). The molecule has 19 heavy (non-hydrogen) atoms. The van der Waals surface area contributed by atoms with Crippen molar-refractivity contribution in [1.29, 1.82) is 0 Å². The lowest BCUT2D eigenvalue weighted by Gasteiger charge is -2.14. The predicted molar refractivity (Wildman–Crippen MR) is 73.9 cm³/mol. The molecule has 1 aliphatic heterocycles. The number of amides is 2. The van der Waals surface area contributed by atoms with Gasteiger partial charge in [-0.15, -0.1) is 0 Å². The molecule has 1 aliphatic rings. The molecule has 102 valence electrons. The molecule has 1 saturated heterocycles. The Balaban J connectivity index is 1.79. The van der Waals surface area contributed by atoms with Gasteiger partial charge in [-0.2, -0.15) is 11.8 Å². The molecule has 1 atom stereocenters. The second kappa shape index (κ2) is 7.04. The summed E-state index contributed by atoms with van der Waals surface area (Å²) in [5.74, 6) is 1.29. The summed E-state index contributed by atoms with van der Waals surface area (Å²) >= 11 is 1.63. The Morgan fingerprint density at radius 3 is 3.00 bits per heavy atom. The third-order valence-corrected chi connectivity index (χ3v) is 3.71. The number of hydrogen-bond donors (Lipinski definition) is 2. The van der Waals surface area contributed by atoms with Crippen molar-refractivity contribution < 1.29 is 14.3 Å². The normalized spacial score (nSPS) is 19.2. The van der Waals surface area contributed by atoms with E-state index in [1.165, 1.54) is 0 Å². The molecular formula is C13H16N2O3S. The van der Waals surface area contributed by atoms with E-state index in [1.807, 2.05) is 30.3 Å². The summed E-state index contributed by atoms with van der Waals surface area (Å²) in [4.78, 5) is 23.2. The molecule has 2 N–H and O–H groups in total. The summed E-state index contributed by atoms with van der Waals surface area (Å²) in [6.07, 6.45) is -0.563. The van der Waals surface area contributed by atoms with Crippen LogP contribution < -0.4 is 10.6 Å². The van der Waals surface area contributed by atoms with E-state index in [0.717, 1.165) is 11.3 Å². The third kappa shape index (κ3) is 4.48. The van der Waals surface area contributed by atoms with Crippen molar-refractivity contribution in [2.24, 2.45) is 0 Å². The number of carbonyl (C=O) groups excluding carboxylic acids is 2. The highest BCUT2D eigenvalue weighted by Crippen LogP contribution is 2.07. The van der Waals surface area contributed by atoms with Crippen LogP contribution in [0.15, 0.2) is 30.3 Å². The van der Waals surface area contributed by atoms with Gasteiger partial charge in [0.15, 0.2) is 0 Å². The standard InChI is InChI=1S/C13H16N2O3S/c16-12-11(9-19-7-6-14-12)15-13(17)18-8-10-4-2-1-3-5-10/h1-5,11H,6-9H2,(H,14,16)(H,15,17)/t11-/m0/s1. The number of rotatable bonds is 3. The van der Waals surface area contributed by atoms with Gasteiger partial charge in [0.1, 0.15) is 12.6 Å². The first-order chi connectivity index (χ1) is 9.25. The fourth-order valence-corrected chi connectivity index (χ4v) is 2.54. The topological polar surface area (TPSA) is 67.4 Å². The van der Waals surface area contributed by atoms with Gasteiger partial charge < -0.3 is 15.4 Å². The number of benzene rings is 1. The van der Waals surface area contributed by atoms with E-state index in [9.17, 15) is 9.59 Å². The molecule has 0 bridgehead atoms. The molecule has 1 fully saturated rings. The third-order valence-electron chi connectivity index (χ3n) is 2.65. The quantitative estimate of drug-likeness (QED) is 0.871. The van der Waals surface area contributed by atoms with Crippen LogP contribution in [-0.4, -0.2) is 36.1 Å². The summed E-state index contributed by atoms with van der Waals surface area (Å²) in [6.45, 7) is 0.842. The number of ether oxygens (including phenoxy) is 1. The second-order valence-electron chi connectivity index (χ2n) is 4.12. The minimum atomic E-state index is -0.563. The molecule has 0 radical (unpaired) electrons. The molecule has 5 nitrogen and oxygen atoms in total. The lowest BCUT2D eigenvalue weighted by Crippen LogP contribution is -2.47. The Labute approximate surface area is 116 Å². The van der Waals surface area contributed by atoms with Crippen molar-refractivity contribution in [3.63, 3.8) is 0 Å². The molecule has 1 aromatic carbocycles. The van der Waals surface area contributed by atoms with Crippen LogP contribution in [0, 0.1) is 0 Å². The van der Waals surface area contributed by atoms with Gasteiger partial charge in [-0.25, -0.2) is 4.79 Å². The summed E-state index contributed by atoms with van der Waals surface area (Å²) in [5, 5.41) is 5.33. The molecular weight excluding hydrogens is 264 g/mol. The monoisotopic (exact) mass is 280 g/mol. The number of nitrogens with one attached hydrogen (secondary N) is 2. The van der Waals surface area contributed by atoms with Gasteiger partial charge in [-0.3, -0.25) is 4.79 Å². The van der Waals surface area contributed by atoms with Crippen molar-refractivity contribution in [2.45, 2.75) is 12.6 Å². The van der Waals surface area contributed by atoms with Gasteiger partial charge in [-0.05, 0) is 5.56 Å². The molecule has 1 aromatic rings. The highest BCUT2D eigenvalue weighted by Gasteiger charge is 2.23. The SMILES string of the molecule is O=C(N[C@H]1CSCCNC1=O)OCc1ccccc1. The highest BCUT2D eigenvalue weighted by atomic mass is 32.2. The van der Waals surface area contributed by atoms with Crippen molar-refractivity contribution in [1.82, 2.24) is 10.6 Å². The summed E-state index contributed by atoms with van der Waals surface area (Å²) < 4.78 is 5.08. The van der Waals surface area contributed by atoms with E-state index < -0.39 is 12.1 Å². The zero-order chi connectivity index (χ0) is 13.5. The van der Waals surface area contributed by atoms with Gasteiger partial charge in [0, 0.05) is 18.1 Å². The minimum absolute atomic E-state index is 0.151. The highest BCUT2D eigenvalue weighted by molar-refractivity contribution is 7.99. The molecule has 2 amide bonds. The van der Waals surface area contributed by atoms with Gasteiger partial charge >= 0.3 is 6.09 Å². The van der Waals surface area contributed by atoms with E-state index in [2.05, 4.69) is 10.6 Å². The lowest BCUT2D eigenvalue weighted by molar-refractivity contribution is -0.122. The molecule has 1 heterocycles. The van der Waals surface area contributed by atoms with Crippen LogP contribution in [0.5, 0.6) is 0 Å². The molecule has 0 unspecified atom stereocenters. The number of hydrogen-bond acceptors (Lipinski definition) is 4. The van der Waals surface area contributed by atoms with E-state index in [4.69, 9.17) is 4.74 Å². The van der Waals surface area contributed by atoms with Crippen LogP contribution in [0.1, 0.15) is 5.56 Å². The Morgan fingerprint density at radius 1 is 1.42 bits per heavy atom. The van der Waals surface area contributed by atoms with Gasteiger partial charge in [0.2, 0.25) is 5.91 Å². The van der Waals surface area contributed by atoms with Gasteiger partial charge in [-0.1, -0.05) is 30.3 Å². The average molecular weight is 280 g/mol. The van der Waals surface area contributed by atoms with E-state index in [0.29, 0.717) is 12.3 Å². The van der Waals surface area contributed by atoms with Gasteiger partial charge in [0.25, 0.3) is 0 Å². The van der Waals surface area contributed by atoms with Crippen molar-refractivity contribution >= 4 is 23.8 Å². The maximum atomic E-state index is 11.6. The van der Waals surface area contributed by atoms with E-state index in [1.54, 1.807) is 11.8 Å². The Hall–Kier alpha value is -1.69. The fraction of sp³-hybridized carbons (Fsp3) is 0.385. The average Bonchev–Trinajstić information content (AvgIpc) is 2.63. The maximum absolute atomic E-state index is 11.6. The minimum Gasteiger partial charge on any atom is -0.445 e. The predicted octanol–water partition coefficient (Wildman–Crippen LogP) is 1.14. The largest absolute Gasteiger partial charge is 0.445 e. The molecule has 6 heteroatoms. The Kier molecular flexibility index (Phi) is 5.09. The zero-order valence-corrected chi connectivity index (χ0v) is 11.2. The first-order valence-corrected chi connectivity index (χ1v) is 7.24. The molecule has 0 spiro atoms. The van der Waals surface area contributed by atoms with Crippen molar-refractivity contribution in [3.8, 4) is 0 Å². The fourth-order valence-electron chi connectivity index (χ4n) is 1.66. The first kappa shape index (κ1) is 13.7. The first-order valence-electron chi connectivity index (χ1n) is 6.08. The van der Waals surface area contributed by atoms with Crippen molar-refractivity contribution in [2.75, 3.05) is 18.1 Å². The summed E-state index contributed by atoms with van der Waals surface area (Å²) in [6, 6.07) is 8.90. The van der Waals surface area contributed by atoms with Crippen LogP contribution in [0.2, 0.25) is 0 Å². The van der Waals surface area contributed by atoms with E-state index in [-0.39, 0.29) is 12.5 Å². The molecule has 0 saturated carbocycles. The van der Waals surface area contributed by atoms with Crippen LogP contribution >= 0.6 is 11.8 Å². The van der Waals surface area contributed by atoms with Crippen LogP contribution in [0.3, 0.4) is 0 Å². The van der Waals surface area contributed by atoms with Crippen LogP contribution in [0.4, 0.5) is 4.79 Å². The summed E-state index contributed by atoms with van der Waals surface area (Å²) in [5.41, 5.74) is 0.914. The van der Waals surface area contributed by atoms with Gasteiger partial charge in [0.05, 0.1) is 0 Å². The van der Waals surface area contributed by atoms with E-state index >= 15 is 0 Å². The number of alkyl carbamates (subject to hydrolysis) is 1.